The van der Waals surface area contributed by atoms with E-state index < -0.39 is 34.2 Å². The van der Waals surface area contributed by atoms with Crippen molar-refractivity contribution in [2.45, 2.75) is 19.6 Å². The van der Waals surface area contributed by atoms with Crippen LogP contribution in [0, 0.1) is 6.92 Å². The van der Waals surface area contributed by atoms with Crippen molar-refractivity contribution in [3.8, 4) is 0 Å². The summed E-state index contributed by atoms with van der Waals surface area (Å²) in [5.41, 5.74) is 0.268. The lowest BCUT2D eigenvalue weighted by Gasteiger charge is -2.24. The molecule has 0 bridgehead atoms. The molecule has 2 aromatic rings. The highest BCUT2D eigenvalue weighted by molar-refractivity contribution is 7.92. The Bertz CT molecular complexity index is 978. The number of nitrogens with zero attached hydrogens (tertiary/aromatic N) is 1. The summed E-state index contributed by atoms with van der Waals surface area (Å²) in [6.07, 6.45) is -3.54. The number of rotatable bonds is 6. The highest BCUT2D eigenvalue weighted by Crippen LogP contribution is 2.29. The van der Waals surface area contributed by atoms with E-state index in [0.717, 1.165) is 22.7 Å². The number of anilines is 1. The van der Waals surface area contributed by atoms with Gasteiger partial charge in [-0.15, -0.1) is 0 Å². The lowest BCUT2D eigenvalue weighted by molar-refractivity contribution is -0.137. The lowest BCUT2D eigenvalue weighted by atomic mass is 10.1. The quantitative estimate of drug-likeness (QED) is 0.753. The molecule has 5 nitrogen and oxygen atoms in total. The van der Waals surface area contributed by atoms with Crippen molar-refractivity contribution in [2.75, 3.05) is 17.1 Å². The van der Waals surface area contributed by atoms with Crippen molar-refractivity contribution in [1.82, 2.24) is 5.32 Å². The number of aryl methyl sites for hydroxylation is 1. The van der Waals surface area contributed by atoms with Gasteiger partial charge in [-0.1, -0.05) is 29.8 Å². The van der Waals surface area contributed by atoms with Crippen molar-refractivity contribution >= 4 is 33.2 Å². The van der Waals surface area contributed by atoms with Gasteiger partial charge in [0.1, 0.15) is 6.54 Å². The third kappa shape index (κ3) is 5.87. The minimum Gasteiger partial charge on any atom is -0.350 e. The lowest BCUT2D eigenvalue weighted by Crippen LogP contribution is -2.40. The van der Waals surface area contributed by atoms with Gasteiger partial charge >= 0.3 is 6.18 Å². The molecule has 0 saturated heterocycles. The molecule has 0 aliphatic carbocycles. The van der Waals surface area contributed by atoms with E-state index in [-0.39, 0.29) is 17.8 Å². The van der Waals surface area contributed by atoms with E-state index in [1.54, 1.807) is 19.1 Å². The van der Waals surface area contributed by atoms with Crippen LogP contribution >= 0.6 is 11.6 Å². The van der Waals surface area contributed by atoms with Crippen LogP contribution in [0.2, 0.25) is 5.02 Å². The number of sulfonamides is 1. The van der Waals surface area contributed by atoms with Gasteiger partial charge in [-0.25, -0.2) is 8.42 Å². The van der Waals surface area contributed by atoms with Crippen LogP contribution in [0.3, 0.4) is 0 Å². The topological polar surface area (TPSA) is 66.5 Å². The Balaban J connectivity index is 2.14. The third-order valence-corrected chi connectivity index (χ3v) is 5.23. The summed E-state index contributed by atoms with van der Waals surface area (Å²) < 4.78 is 63.4. The van der Waals surface area contributed by atoms with Crippen molar-refractivity contribution in [2.24, 2.45) is 0 Å². The molecule has 0 aromatic heterocycles. The molecular weight excluding hydrogens is 417 g/mol. The Morgan fingerprint density at radius 3 is 2.46 bits per heavy atom. The van der Waals surface area contributed by atoms with Gasteiger partial charge in [-0.05, 0) is 42.3 Å². The molecule has 1 amide bonds. The van der Waals surface area contributed by atoms with E-state index in [9.17, 15) is 26.4 Å². The van der Waals surface area contributed by atoms with Crippen molar-refractivity contribution < 1.29 is 26.4 Å². The highest BCUT2D eigenvalue weighted by atomic mass is 35.5. The molecule has 2 aromatic carbocycles. The second kappa shape index (κ2) is 8.40. The van der Waals surface area contributed by atoms with E-state index >= 15 is 0 Å². The molecule has 1 N–H and O–H groups in total. The van der Waals surface area contributed by atoms with E-state index in [4.69, 9.17) is 11.6 Å². The molecule has 0 fully saturated rings. The standard InChI is InChI=1S/C18H18ClF3N2O3S/c1-12-6-7-15(19)9-16(12)24(28(2,26)27)11-17(25)23-10-13-4-3-5-14(8-13)18(20,21)22/h3-9H,10-11H2,1-2H3,(H,23,25). The zero-order valence-corrected chi connectivity index (χ0v) is 16.6. The number of amides is 1. The Hall–Kier alpha value is -2.26. The number of carbonyl (C=O) groups is 1. The van der Waals surface area contributed by atoms with E-state index in [2.05, 4.69) is 5.32 Å². The van der Waals surface area contributed by atoms with E-state index in [1.807, 2.05) is 0 Å². The summed E-state index contributed by atoms with van der Waals surface area (Å²) in [7, 11) is -3.80. The van der Waals surface area contributed by atoms with Crippen LogP contribution in [0.15, 0.2) is 42.5 Å². The van der Waals surface area contributed by atoms with Gasteiger partial charge in [0.2, 0.25) is 15.9 Å². The van der Waals surface area contributed by atoms with Crippen LogP contribution in [-0.4, -0.2) is 27.1 Å². The Morgan fingerprint density at radius 2 is 1.86 bits per heavy atom. The second-order valence-electron chi connectivity index (χ2n) is 6.18. The fraction of sp³-hybridized carbons (Fsp3) is 0.278. The summed E-state index contributed by atoms with van der Waals surface area (Å²) in [6.45, 7) is 0.970. The van der Waals surface area contributed by atoms with Gasteiger partial charge in [-0.2, -0.15) is 13.2 Å². The van der Waals surface area contributed by atoms with E-state index in [1.165, 1.54) is 18.2 Å². The average Bonchev–Trinajstić information content (AvgIpc) is 2.59. The number of alkyl halides is 3. The van der Waals surface area contributed by atoms with Gasteiger partial charge in [0.15, 0.2) is 0 Å². The largest absolute Gasteiger partial charge is 0.416 e. The molecule has 10 heteroatoms. The average molecular weight is 435 g/mol. The first-order chi connectivity index (χ1) is 12.9. The molecule has 2 rings (SSSR count). The predicted molar refractivity (Wildman–Crippen MR) is 102 cm³/mol. The molecular formula is C18H18ClF3N2O3S. The maximum absolute atomic E-state index is 12.8. The van der Waals surface area contributed by atoms with Crippen molar-refractivity contribution in [3.63, 3.8) is 0 Å². The molecule has 0 aliphatic rings. The van der Waals surface area contributed by atoms with Gasteiger partial charge in [0.05, 0.1) is 17.5 Å². The first-order valence-electron chi connectivity index (χ1n) is 8.04. The first kappa shape index (κ1) is 22.0. The number of hydrogen-bond donors (Lipinski definition) is 1. The number of benzene rings is 2. The molecule has 152 valence electrons. The summed E-state index contributed by atoms with van der Waals surface area (Å²) in [5.74, 6) is -0.665. The molecule has 0 unspecified atom stereocenters. The monoisotopic (exact) mass is 434 g/mol. The number of halogens is 4. The van der Waals surface area contributed by atoms with Crippen molar-refractivity contribution in [3.05, 3.63) is 64.2 Å². The molecule has 0 heterocycles. The maximum atomic E-state index is 12.8. The van der Waals surface area contributed by atoms with E-state index in [0.29, 0.717) is 10.6 Å². The number of nitrogens with one attached hydrogen (secondary N) is 1. The zero-order chi connectivity index (χ0) is 21.1. The summed E-state index contributed by atoms with van der Waals surface area (Å²) in [4.78, 5) is 12.3. The third-order valence-electron chi connectivity index (χ3n) is 3.87. The van der Waals surface area contributed by atoms with Gasteiger partial charge in [0, 0.05) is 11.6 Å². The minimum atomic E-state index is -4.49. The Morgan fingerprint density at radius 1 is 1.18 bits per heavy atom. The second-order valence-corrected chi connectivity index (χ2v) is 8.52. The molecule has 0 aliphatic heterocycles. The number of hydrogen-bond acceptors (Lipinski definition) is 3. The van der Waals surface area contributed by atoms with Gasteiger partial charge in [0.25, 0.3) is 0 Å². The first-order valence-corrected chi connectivity index (χ1v) is 10.3. The van der Waals surface area contributed by atoms with Crippen LogP contribution < -0.4 is 9.62 Å². The van der Waals surface area contributed by atoms with Crippen molar-refractivity contribution in [1.29, 1.82) is 0 Å². The highest BCUT2D eigenvalue weighted by Gasteiger charge is 2.30. The number of carbonyl (C=O) groups excluding carboxylic acids is 1. The fourth-order valence-electron chi connectivity index (χ4n) is 2.48. The molecule has 28 heavy (non-hydrogen) atoms. The molecule has 0 saturated carbocycles. The predicted octanol–water partition coefficient (Wildman–Crippen LogP) is 3.75. The van der Waals surface area contributed by atoms with Crippen LogP contribution in [0.25, 0.3) is 0 Å². The smallest absolute Gasteiger partial charge is 0.350 e. The van der Waals surface area contributed by atoms with Crippen LogP contribution in [-0.2, 0) is 27.5 Å². The summed E-state index contributed by atoms with van der Waals surface area (Å²) in [6, 6.07) is 9.17. The molecule has 0 spiro atoms. The SMILES string of the molecule is Cc1ccc(Cl)cc1N(CC(=O)NCc1cccc(C(F)(F)F)c1)S(C)(=O)=O. The Labute approximate surface area is 166 Å². The van der Waals surface area contributed by atoms with Gasteiger partial charge in [-0.3, -0.25) is 9.10 Å². The summed E-state index contributed by atoms with van der Waals surface area (Å²) in [5, 5.41) is 2.74. The molecule has 0 atom stereocenters. The Kier molecular flexibility index (Phi) is 6.61. The van der Waals surface area contributed by atoms with Crippen LogP contribution in [0.1, 0.15) is 16.7 Å². The normalized spacial score (nSPS) is 11.9. The van der Waals surface area contributed by atoms with Crippen LogP contribution in [0.4, 0.5) is 18.9 Å². The molecule has 0 radical (unpaired) electrons. The minimum absolute atomic E-state index is 0.172. The maximum Gasteiger partial charge on any atom is 0.416 e. The van der Waals surface area contributed by atoms with Gasteiger partial charge < -0.3 is 5.32 Å². The zero-order valence-electron chi connectivity index (χ0n) is 15.0. The fourth-order valence-corrected chi connectivity index (χ4v) is 3.55. The summed E-state index contributed by atoms with van der Waals surface area (Å²) >= 11 is 5.93. The van der Waals surface area contributed by atoms with Crippen LogP contribution in [0.5, 0.6) is 0 Å².